The van der Waals surface area contributed by atoms with E-state index in [4.69, 9.17) is 18.9 Å². The summed E-state index contributed by atoms with van der Waals surface area (Å²) < 4.78 is 25.0. The van der Waals surface area contributed by atoms with Crippen molar-refractivity contribution in [1.82, 2.24) is 4.90 Å². The molecule has 0 radical (unpaired) electrons. The number of fused-ring (bicyclic) bond motifs is 4. The lowest BCUT2D eigenvalue weighted by molar-refractivity contribution is -0.143. The Balaban J connectivity index is 1.29. The van der Waals surface area contributed by atoms with Gasteiger partial charge in [0, 0.05) is 34.9 Å². The van der Waals surface area contributed by atoms with Crippen LogP contribution < -0.4 is 18.9 Å². The van der Waals surface area contributed by atoms with Gasteiger partial charge in [-0.05, 0) is 89.5 Å². The van der Waals surface area contributed by atoms with Crippen LogP contribution in [-0.4, -0.2) is 43.7 Å². The summed E-state index contributed by atoms with van der Waals surface area (Å²) in [6.45, 7) is 12.0. The van der Waals surface area contributed by atoms with E-state index >= 15 is 0 Å². The Labute approximate surface area is 249 Å². The van der Waals surface area contributed by atoms with E-state index in [-0.39, 0.29) is 5.97 Å². The second-order valence-electron chi connectivity index (χ2n) is 12.7. The molecule has 6 rings (SSSR count). The molecular formula is C36H41NO5. The van der Waals surface area contributed by atoms with Crippen LogP contribution in [0.25, 0.3) is 11.1 Å². The minimum absolute atomic E-state index is 0.285. The first-order valence-corrected chi connectivity index (χ1v) is 15.2. The summed E-state index contributed by atoms with van der Waals surface area (Å²) in [4.78, 5) is 15.1. The number of ether oxygens (including phenoxy) is 4. The van der Waals surface area contributed by atoms with Crippen LogP contribution in [0.3, 0.4) is 0 Å². The zero-order valence-electron chi connectivity index (χ0n) is 25.2. The molecular weight excluding hydrogens is 526 g/mol. The lowest BCUT2D eigenvalue weighted by Crippen LogP contribution is -2.37. The van der Waals surface area contributed by atoms with Crippen molar-refractivity contribution in [2.45, 2.75) is 59.0 Å². The molecule has 3 aromatic carbocycles. The Kier molecular flexibility index (Phi) is 7.75. The summed E-state index contributed by atoms with van der Waals surface area (Å²) in [5.41, 5.74) is 3.79. The molecule has 1 atom stereocenters. The molecule has 0 amide bonds. The molecule has 0 spiro atoms. The second-order valence-corrected chi connectivity index (χ2v) is 12.7. The van der Waals surface area contributed by atoms with E-state index in [0.29, 0.717) is 24.7 Å². The van der Waals surface area contributed by atoms with E-state index in [1.807, 2.05) is 69.3 Å². The molecule has 0 bridgehead atoms. The normalized spacial score (nSPS) is 20.3. The molecule has 1 unspecified atom stereocenters. The van der Waals surface area contributed by atoms with Crippen LogP contribution in [0.5, 0.6) is 23.0 Å². The van der Waals surface area contributed by atoms with Gasteiger partial charge in [-0.1, -0.05) is 43.2 Å². The Morgan fingerprint density at radius 2 is 1.60 bits per heavy atom. The van der Waals surface area contributed by atoms with E-state index < -0.39 is 11.0 Å². The predicted molar refractivity (Wildman–Crippen MR) is 165 cm³/mol. The van der Waals surface area contributed by atoms with E-state index in [9.17, 15) is 4.79 Å². The molecule has 42 heavy (non-hydrogen) atoms. The van der Waals surface area contributed by atoms with E-state index in [2.05, 4.69) is 30.0 Å². The number of hydrogen-bond donors (Lipinski definition) is 0. The van der Waals surface area contributed by atoms with Gasteiger partial charge >= 0.3 is 5.97 Å². The molecule has 6 heteroatoms. The van der Waals surface area contributed by atoms with E-state index in [1.54, 1.807) is 0 Å². The van der Waals surface area contributed by atoms with Gasteiger partial charge in [0.25, 0.3) is 0 Å². The van der Waals surface area contributed by atoms with Gasteiger partial charge in [-0.25, -0.2) is 0 Å². The number of carbonyl (C=O) groups excluding carboxylic acids is 1. The summed E-state index contributed by atoms with van der Waals surface area (Å²) in [7, 11) is 0. The molecule has 0 aromatic heterocycles. The standard InChI is InChI=1S/C36H41NO5/c1-35(2,3)34(38)41-27-17-18-29-32(23-27)40-24-30-28-11-7-8-12-31(28)42-36(4,33(29)30)25-13-15-26(16-14-25)39-22-21-37-19-9-5-6-10-20-37/h7-8,11-18,23H,5-6,9-10,19-22,24H2,1-4H3. The van der Waals surface area contributed by atoms with Crippen molar-refractivity contribution in [3.63, 3.8) is 0 Å². The van der Waals surface area contributed by atoms with E-state index in [0.717, 1.165) is 45.9 Å². The molecule has 3 aromatic rings. The van der Waals surface area contributed by atoms with Gasteiger partial charge < -0.3 is 18.9 Å². The third-order valence-electron chi connectivity index (χ3n) is 8.50. The maximum atomic E-state index is 12.5. The highest BCUT2D eigenvalue weighted by Crippen LogP contribution is 2.54. The van der Waals surface area contributed by atoms with Gasteiger partial charge in [-0.3, -0.25) is 9.69 Å². The molecule has 0 N–H and O–H groups in total. The minimum atomic E-state index is -0.767. The molecule has 1 fully saturated rings. The lowest BCUT2D eigenvalue weighted by atomic mass is 9.76. The predicted octanol–water partition coefficient (Wildman–Crippen LogP) is 7.50. The fourth-order valence-corrected chi connectivity index (χ4v) is 6.09. The van der Waals surface area contributed by atoms with Gasteiger partial charge in [0.1, 0.15) is 36.2 Å². The smallest absolute Gasteiger partial charge is 0.316 e. The van der Waals surface area contributed by atoms with Crippen LogP contribution >= 0.6 is 0 Å². The maximum Gasteiger partial charge on any atom is 0.316 e. The first kappa shape index (κ1) is 28.4. The second kappa shape index (κ2) is 11.5. The Hall–Kier alpha value is -3.77. The van der Waals surface area contributed by atoms with Crippen molar-refractivity contribution < 1.29 is 23.7 Å². The summed E-state index contributed by atoms with van der Waals surface area (Å²) in [5.74, 6) is 2.56. The van der Waals surface area contributed by atoms with Crippen LogP contribution in [-0.2, 0) is 10.4 Å². The van der Waals surface area contributed by atoms with Gasteiger partial charge in [-0.2, -0.15) is 0 Å². The van der Waals surface area contributed by atoms with Gasteiger partial charge in [0.2, 0.25) is 0 Å². The molecule has 1 saturated heterocycles. The number of nitrogens with zero attached hydrogens (tertiary/aromatic N) is 1. The number of esters is 1. The molecule has 3 aliphatic heterocycles. The zero-order valence-corrected chi connectivity index (χ0v) is 25.2. The summed E-state index contributed by atoms with van der Waals surface area (Å²) in [6, 6.07) is 22.0. The largest absolute Gasteiger partial charge is 0.492 e. The van der Waals surface area contributed by atoms with Crippen molar-refractivity contribution in [2.75, 3.05) is 32.8 Å². The molecule has 6 nitrogen and oxygen atoms in total. The number of likely N-dealkylation sites (tertiary alicyclic amines) is 1. The zero-order chi connectivity index (χ0) is 29.3. The third-order valence-corrected chi connectivity index (χ3v) is 8.50. The maximum absolute atomic E-state index is 12.5. The molecule has 0 saturated carbocycles. The fourth-order valence-electron chi connectivity index (χ4n) is 6.09. The summed E-state index contributed by atoms with van der Waals surface area (Å²) in [6.07, 6.45) is 5.24. The first-order valence-electron chi connectivity index (χ1n) is 15.2. The van der Waals surface area contributed by atoms with Gasteiger partial charge in [0.15, 0.2) is 5.60 Å². The number of rotatable bonds is 6. The van der Waals surface area contributed by atoms with Crippen LogP contribution in [0.4, 0.5) is 0 Å². The van der Waals surface area contributed by atoms with Crippen LogP contribution in [0, 0.1) is 5.41 Å². The Bertz CT molecular complexity index is 1480. The van der Waals surface area contributed by atoms with Crippen molar-refractivity contribution in [3.05, 3.63) is 83.4 Å². The monoisotopic (exact) mass is 567 g/mol. The quantitative estimate of drug-likeness (QED) is 0.227. The molecule has 3 aliphatic rings. The molecule has 220 valence electrons. The van der Waals surface area contributed by atoms with Crippen molar-refractivity contribution >= 4 is 17.1 Å². The fraction of sp³-hybridized carbons (Fsp3) is 0.417. The Morgan fingerprint density at radius 1 is 0.881 bits per heavy atom. The number of para-hydroxylation sites is 1. The van der Waals surface area contributed by atoms with Crippen LogP contribution in [0.1, 0.15) is 70.1 Å². The highest BCUT2D eigenvalue weighted by molar-refractivity contribution is 6.01. The highest BCUT2D eigenvalue weighted by Gasteiger charge is 2.44. The van der Waals surface area contributed by atoms with Crippen molar-refractivity contribution in [3.8, 4) is 23.0 Å². The average Bonchev–Trinajstić information content (AvgIpc) is 3.25. The van der Waals surface area contributed by atoms with Crippen LogP contribution in [0.2, 0.25) is 0 Å². The van der Waals surface area contributed by atoms with Gasteiger partial charge in [0.05, 0.1) is 5.41 Å². The summed E-state index contributed by atoms with van der Waals surface area (Å²) in [5, 5.41) is 0. The molecule has 3 heterocycles. The number of benzene rings is 3. The summed E-state index contributed by atoms with van der Waals surface area (Å²) >= 11 is 0. The lowest BCUT2D eigenvalue weighted by Gasteiger charge is -2.42. The first-order chi connectivity index (χ1) is 20.2. The molecule has 0 aliphatic carbocycles. The number of carbonyl (C=O) groups is 1. The van der Waals surface area contributed by atoms with Crippen LogP contribution in [0.15, 0.2) is 66.7 Å². The van der Waals surface area contributed by atoms with E-state index in [1.165, 1.54) is 38.8 Å². The third kappa shape index (κ3) is 5.65. The van der Waals surface area contributed by atoms with Gasteiger partial charge in [-0.15, -0.1) is 0 Å². The number of hydrogen-bond acceptors (Lipinski definition) is 6. The Morgan fingerprint density at radius 3 is 2.33 bits per heavy atom. The minimum Gasteiger partial charge on any atom is -0.492 e. The highest BCUT2D eigenvalue weighted by atomic mass is 16.5. The average molecular weight is 568 g/mol. The van der Waals surface area contributed by atoms with Crippen molar-refractivity contribution in [2.24, 2.45) is 5.41 Å². The SMILES string of the molecule is CC(C)(C)C(=O)Oc1ccc2c(c1)OCC1=C2C(C)(c2ccc(OCCN3CCCCCC3)cc2)Oc2ccccc21. The topological polar surface area (TPSA) is 57.2 Å². The van der Waals surface area contributed by atoms with Crippen molar-refractivity contribution in [1.29, 1.82) is 0 Å².